The molecule has 6 heteroatoms. The first kappa shape index (κ1) is 19.9. The third-order valence-corrected chi connectivity index (χ3v) is 6.83. The maximum atomic E-state index is 13.5. The summed E-state index contributed by atoms with van der Waals surface area (Å²) in [4.78, 5) is 42.2. The van der Waals surface area contributed by atoms with E-state index in [2.05, 4.69) is 17.4 Å². The third kappa shape index (κ3) is 4.16. The van der Waals surface area contributed by atoms with Crippen LogP contribution in [-0.4, -0.2) is 59.7 Å². The summed E-state index contributed by atoms with van der Waals surface area (Å²) in [6.45, 7) is 2.65. The van der Waals surface area contributed by atoms with Crippen molar-refractivity contribution < 1.29 is 14.4 Å². The minimum Gasteiger partial charge on any atom is -0.352 e. The second-order valence-corrected chi connectivity index (χ2v) is 8.72. The van der Waals surface area contributed by atoms with E-state index in [0.717, 1.165) is 38.8 Å². The van der Waals surface area contributed by atoms with Crippen molar-refractivity contribution in [1.29, 1.82) is 0 Å². The normalized spacial score (nSPS) is 26.8. The summed E-state index contributed by atoms with van der Waals surface area (Å²) in [7, 11) is 0. The SMILES string of the molecule is O=C1CC[C@]2(C(=O)N3CCCC3)CN(C(=O)CCCc3ccccc3)CC[C@H]2N1. The number of rotatable bonds is 5. The molecule has 3 fully saturated rings. The van der Waals surface area contributed by atoms with E-state index >= 15 is 0 Å². The van der Waals surface area contributed by atoms with Gasteiger partial charge in [-0.3, -0.25) is 14.4 Å². The molecule has 1 N–H and O–H groups in total. The lowest BCUT2D eigenvalue weighted by molar-refractivity contribution is -0.155. The van der Waals surface area contributed by atoms with E-state index in [1.54, 1.807) is 0 Å². The largest absolute Gasteiger partial charge is 0.352 e. The first-order chi connectivity index (χ1) is 14.1. The Labute approximate surface area is 172 Å². The molecule has 4 rings (SSSR count). The van der Waals surface area contributed by atoms with Gasteiger partial charge in [-0.15, -0.1) is 0 Å². The molecule has 0 aliphatic carbocycles. The number of carbonyl (C=O) groups is 3. The Hall–Kier alpha value is -2.37. The molecule has 0 bridgehead atoms. The molecule has 2 atom stereocenters. The molecular formula is C23H31N3O3. The second-order valence-electron chi connectivity index (χ2n) is 8.72. The van der Waals surface area contributed by atoms with Crippen molar-refractivity contribution >= 4 is 17.7 Å². The van der Waals surface area contributed by atoms with Crippen LogP contribution in [0.5, 0.6) is 0 Å². The highest BCUT2D eigenvalue weighted by Crippen LogP contribution is 2.40. The fourth-order valence-corrected chi connectivity index (χ4v) is 5.18. The van der Waals surface area contributed by atoms with Crippen LogP contribution in [0.1, 0.15) is 50.5 Å². The molecule has 156 valence electrons. The minimum atomic E-state index is -0.647. The summed E-state index contributed by atoms with van der Waals surface area (Å²) in [6.07, 6.45) is 5.86. The Morgan fingerprint density at radius 2 is 1.83 bits per heavy atom. The van der Waals surface area contributed by atoms with E-state index in [-0.39, 0.29) is 23.8 Å². The Kier molecular flexibility index (Phi) is 5.88. The maximum absolute atomic E-state index is 13.5. The van der Waals surface area contributed by atoms with Gasteiger partial charge in [-0.25, -0.2) is 0 Å². The van der Waals surface area contributed by atoms with Crippen molar-refractivity contribution in [3.05, 3.63) is 35.9 Å². The van der Waals surface area contributed by atoms with Crippen molar-refractivity contribution in [3.8, 4) is 0 Å². The smallest absolute Gasteiger partial charge is 0.232 e. The molecule has 0 unspecified atom stereocenters. The van der Waals surface area contributed by atoms with Gasteiger partial charge in [-0.05, 0) is 44.1 Å². The fourth-order valence-electron chi connectivity index (χ4n) is 5.18. The van der Waals surface area contributed by atoms with E-state index in [1.165, 1.54) is 5.56 Å². The van der Waals surface area contributed by atoms with Crippen LogP contribution in [0.15, 0.2) is 30.3 Å². The highest BCUT2D eigenvalue weighted by molar-refractivity contribution is 5.89. The van der Waals surface area contributed by atoms with Gasteiger partial charge in [0.1, 0.15) is 0 Å². The average molecular weight is 398 g/mol. The van der Waals surface area contributed by atoms with Crippen molar-refractivity contribution in [2.45, 2.75) is 57.4 Å². The van der Waals surface area contributed by atoms with E-state index < -0.39 is 5.41 Å². The molecule has 3 aliphatic heterocycles. The Balaban J connectivity index is 1.42. The zero-order valence-electron chi connectivity index (χ0n) is 17.1. The van der Waals surface area contributed by atoms with Gasteiger partial charge in [0.15, 0.2) is 0 Å². The van der Waals surface area contributed by atoms with Gasteiger partial charge in [0.05, 0.1) is 5.41 Å². The standard InChI is InChI=1S/C23H31N3O3/c27-20-11-13-23(22(29)25-14-4-5-15-25)17-26(16-12-19(23)24-20)21(28)10-6-9-18-7-2-1-3-8-18/h1-3,7-8,19H,4-6,9-17H2,(H,24,27)/t19-,23+/m1/s1. The van der Waals surface area contributed by atoms with Crippen molar-refractivity contribution in [3.63, 3.8) is 0 Å². The van der Waals surface area contributed by atoms with Gasteiger partial charge in [0.25, 0.3) is 0 Å². The summed E-state index contributed by atoms with van der Waals surface area (Å²) in [5.41, 5.74) is 0.598. The summed E-state index contributed by atoms with van der Waals surface area (Å²) >= 11 is 0. The van der Waals surface area contributed by atoms with Crippen molar-refractivity contribution in [2.75, 3.05) is 26.2 Å². The van der Waals surface area contributed by atoms with E-state index in [1.807, 2.05) is 28.0 Å². The number of likely N-dealkylation sites (tertiary alicyclic amines) is 2. The van der Waals surface area contributed by atoms with Gasteiger partial charge < -0.3 is 15.1 Å². The number of fused-ring (bicyclic) bond motifs is 1. The van der Waals surface area contributed by atoms with Gasteiger partial charge in [-0.1, -0.05) is 30.3 Å². The predicted molar refractivity (Wildman–Crippen MR) is 110 cm³/mol. The van der Waals surface area contributed by atoms with Crippen molar-refractivity contribution in [2.24, 2.45) is 5.41 Å². The molecular weight excluding hydrogens is 366 g/mol. The van der Waals surface area contributed by atoms with Crippen LogP contribution >= 0.6 is 0 Å². The lowest BCUT2D eigenvalue weighted by Gasteiger charge is -2.50. The van der Waals surface area contributed by atoms with E-state index in [0.29, 0.717) is 38.8 Å². The fraction of sp³-hybridized carbons (Fsp3) is 0.609. The van der Waals surface area contributed by atoms with Crippen LogP contribution in [0.4, 0.5) is 0 Å². The van der Waals surface area contributed by atoms with Gasteiger partial charge in [0, 0.05) is 45.1 Å². The number of nitrogens with zero attached hydrogens (tertiary/aromatic N) is 2. The predicted octanol–water partition coefficient (Wildman–Crippen LogP) is 2.13. The number of aryl methyl sites for hydroxylation is 1. The zero-order valence-corrected chi connectivity index (χ0v) is 17.1. The minimum absolute atomic E-state index is 0.0301. The average Bonchev–Trinajstić information content (AvgIpc) is 3.28. The van der Waals surface area contributed by atoms with Gasteiger partial charge >= 0.3 is 0 Å². The number of benzene rings is 1. The number of hydrogen-bond acceptors (Lipinski definition) is 3. The highest BCUT2D eigenvalue weighted by Gasteiger charge is 2.54. The quantitative estimate of drug-likeness (QED) is 0.828. The molecule has 0 radical (unpaired) electrons. The monoisotopic (exact) mass is 397 g/mol. The summed E-state index contributed by atoms with van der Waals surface area (Å²) in [5.74, 6) is 0.300. The molecule has 29 heavy (non-hydrogen) atoms. The zero-order chi connectivity index (χ0) is 20.3. The Morgan fingerprint density at radius 1 is 1.07 bits per heavy atom. The number of carbonyl (C=O) groups excluding carboxylic acids is 3. The van der Waals surface area contributed by atoms with Crippen LogP contribution in [0, 0.1) is 5.41 Å². The molecule has 1 aromatic rings. The topological polar surface area (TPSA) is 69.7 Å². The Bertz CT molecular complexity index is 760. The summed E-state index contributed by atoms with van der Waals surface area (Å²) < 4.78 is 0. The molecule has 3 heterocycles. The number of hydrogen-bond donors (Lipinski definition) is 1. The Morgan fingerprint density at radius 3 is 2.59 bits per heavy atom. The van der Waals surface area contributed by atoms with Crippen LogP contribution in [-0.2, 0) is 20.8 Å². The third-order valence-electron chi connectivity index (χ3n) is 6.83. The lowest BCUT2D eigenvalue weighted by Crippen LogP contribution is -2.67. The second kappa shape index (κ2) is 8.56. The van der Waals surface area contributed by atoms with Gasteiger partial charge in [0.2, 0.25) is 17.7 Å². The molecule has 1 aromatic carbocycles. The molecule has 0 saturated carbocycles. The molecule has 0 spiro atoms. The molecule has 3 amide bonds. The maximum Gasteiger partial charge on any atom is 0.232 e. The molecule has 3 saturated heterocycles. The first-order valence-electron chi connectivity index (χ1n) is 11.0. The van der Waals surface area contributed by atoms with Crippen LogP contribution < -0.4 is 5.32 Å². The molecule has 6 nitrogen and oxygen atoms in total. The van der Waals surface area contributed by atoms with E-state index in [9.17, 15) is 14.4 Å². The number of amides is 3. The lowest BCUT2D eigenvalue weighted by atomic mass is 9.69. The molecule has 3 aliphatic rings. The first-order valence-corrected chi connectivity index (χ1v) is 11.0. The number of piperidine rings is 2. The van der Waals surface area contributed by atoms with Crippen LogP contribution in [0.25, 0.3) is 0 Å². The molecule has 0 aromatic heterocycles. The van der Waals surface area contributed by atoms with Crippen LogP contribution in [0.3, 0.4) is 0 Å². The summed E-state index contributed by atoms with van der Waals surface area (Å²) in [6, 6.07) is 10.1. The highest BCUT2D eigenvalue weighted by atomic mass is 16.2. The van der Waals surface area contributed by atoms with Crippen molar-refractivity contribution in [1.82, 2.24) is 15.1 Å². The van der Waals surface area contributed by atoms with Gasteiger partial charge in [-0.2, -0.15) is 0 Å². The number of nitrogens with one attached hydrogen (secondary N) is 1. The van der Waals surface area contributed by atoms with Crippen LogP contribution in [0.2, 0.25) is 0 Å². The van der Waals surface area contributed by atoms with E-state index in [4.69, 9.17) is 0 Å². The summed E-state index contributed by atoms with van der Waals surface area (Å²) in [5, 5.41) is 3.06.